The van der Waals surface area contributed by atoms with Crippen molar-refractivity contribution < 1.29 is 24.5 Å². The zero-order valence-electron chi connectivity index (χ0n) is 24.3. The summed E-state index contributed by atoms with van der Waals surface area (Å²) in [6, 6.07) is 30.8. The van der Waals surface area contributed by atoms with E-state index >= 15 is 0 Å². The first-order valence-corrected chi connectivity index (χ1v) is 14.1. The number of pyridine rings is 2. The molecule has 0 aliphatic rings. The van der Waals surface area contributed by atoms with Crippen LogP contribution in [0.2, 0.25) is 0 Å². The predicted octanol–water partition coefficient (Wildman–Crippen LogP) is 9.27. The molecule has 42 heavy (non-hydrogen) atoms. The molecule has 7 rings (SSSR count). The molecule has 0 fully saturated rings. The molecular formula is C36H31IrN4O-. The Kier molecular flexibility index (Phi) is 7.08. The summed E-state index contributed by atoms with van der Waals surface area (Å²) in [6.07, 6.45) is 3.80. The summed E-state index contributed by atoms with van der Waals surface area (Å²) in [5.74, 6) is 1.03. The van der Waals surface area contributed by atoms with Crippen LogP contribution in [-0.2, 0) is 25.5 Å². The first kappa shape index (κ1) is 28.0. The van der Waals surface area contributed by atoms with Gasteiger partial charge in [-0.25, -0.2) is 4.98 Å². The van der Waals surface area contributed by atoms with Crippen molar-refractivity contribution in [3.05, 3.63) is 109 Å². The SMILES string of the molecule is CC(C)c1cncc2nc(-c3[c-]ccc4c3oc3nc(C(C)(C)C)ccc34)n(-c3ccc(-c4ccccc4)cc3)c12.[Ir]. The zero-order chi connectivity index (χ0) is 28.3. The van der Waals surface area contributed by atoms with Crippen molar-refractivity contribution in [3.63, 3.8) is 0 Å². The minimum atomic E-state index is -0.0811. The summed E-state index contributed by atoms with van der Waals surface area (Å²) in [4.78, 5) is 14.6. The maximum absolute atomic E-state index is 6.50. The van der Waals surface area contributed by atoms with E-state index in [1.54, 1.807) is 0 Å². The molecule has 0 spiro atoms. The minimum absolute atomic E-state index is 0. The molecule has 0 unspecified atom stereocenters. The standard InChI is InChI=1S/C36H31N4O.Ir/c1-22(2)29-20-37-21-30-32(29)40(25-16-14-24(15-17-25)23-10-7-6-8-11-23)34(38-30)28-13-9-12-26-27-18-19-31(36(3,4)5)39-35(27)41-33(26)28;/h6-12,14-22H,1-5H3;/q-1;. The normalized spacial score (nSPS) is 12.0. The molecule has 4 aromatic heterocycles. The molecule has 7 aromatic rings. The van der Waals surface area contributed by atoms with Crippen molar-refractivity contribution in [2.75, 3.05) is 0 Å². The van der Waals surface area contributed by atoms with E-state index in [2.05, 4.69) is 111 Å². The average Bonchev–Trinajstić information content (AvgIpc) is 3.55. The van der Waals surface area contributed by atoms with Gasteiger partial charge in [-0.2, -0.15) is 0 Å². The summed E-state index contributed by atoms with van der Waals surface area (Å²) >= 11 is 0. The Morgan fingerprint density at radius 3 is 2.26 bits per heavy atom. The summed E-state index contributed by atoms with van der Waals surface area (Å²) in [7, 11) is 0. The van der Waals surface area contributed by atoms with Crippen molar-refractivity contribution in [2.45, 2.75) is 46.0 Å². The smallest absolute Gasteiger partial charge is 0.216 e. The molecule has 0 amide bonds. The van der Waals surface area contributed by atoms with Crippen LogP contribution in [0.4, 0.5) is 0 Å². The van der Waals surface area contributed by atoms with Crippen molar-refractivity contribution in [1.82, 2.24) is 19.5 Å². The van der Waals surface area contributed by atoms with Crippen molar-refractivity contribution in [2.24, 2.45) is 0 Å². The largest absolute Gasteiger partial charge is 0.486 e. The fourth-order valence-electron chi connectivity index (χ4n) is 5.53. The molecule has 0 N–H and O–H groups in total. The number of hydrogen-bond acceptors (Lipinski definition) is 4. The minimum Gasteiger partial charge on any atom is -0.486 e. The average molecular weight is 728 g/mol. The van der Waals surface area contributed by atoms with Crippen LogP contribution in [-0.4, -0.2) is 19.5 Å². The van der Waals surface area contributed by atoms with E-state index in [-0.39, 0.29) is 31.4 Å². The fourth-order valence-corrected chi connectivity index (χ4v) is 5.53. The Morgan fingerprint density at radius 2 is 1.55 bits per heavy atom. The van der Waals surface area contributed by atoms with Gasteiger partial charge in [0.05, 0.1) is 28.6 Å². The number of imidazole rings is 1. The number of rotatable bonds is 4. The second-order valence-corrected chi connectivity index (χ2v) is 11.9. The molecule has 0 bridgehead atoms. The number of fused-ring (bicyclic) bond motifs is 4. The number of furan rings is 1. The summed E-state index contributed by atoms with van der Waals surface area (Å²) in [6.45, 7) is 10.9. The van der Waals surface area contributed by atoms with Crippen LogP contribution >= 0.6 is 0 Å². The van der Waals surface area contributed by atoms with Gasteiger partial charge in [0.15, 0.2) is 0 Å². The Morgan fingerprint density at radius 1 is 0.810 bits per heavy atom. The van der Waals surface area contributed by atoms with Gasteiger partial charge >= 0.3 is 0 Å². The quantitative estimate of drug-likeness (QED) is 0.170. The first-order chi connectivity index (χ1) is 19.8. The van der Waals surface area contributed by atoms with Crippen LogP contribution in [0.3, 0.4) is 0 Å². The second-order valence-electron chi connectivity index (χ2n) is 11.9. The van der Waals surface area contributed by atoms with Crippen molar-refractivity contribution in [1.29, 1.82) is 0 Å². The monoisotopic (exact) mass is 728 g/mol. The molecule has 0 aliphatic heterocycles. The second kappa shape index (κ2) is 10.6. The maximum Gasteiger partial charge on any atom is 0.216 e. The molecule has 1 radical (unpaired) electrons. The van der Waals surface area contributed by atoms with E-state index in [0.29, 0.717) is 5.71 Å². The third-order valence-corrected chi connectivity index (χ3v) is 7.73. The van der Waals surface area contributed by atoms with E-state index in [1.807, 2.05) is 30.6 Å². The van der Waals surface area contributed by atoms with E-state index in [4.69, 9.17) is 14.4 Å². The number of hydrogen-bond donors (Lipinski definition) is 0. The van der Waals surface area contributed by atoms with Crippen LogP contribution in [0.5, 0.6) is 0 Å². The molecule has 0 saturated heterocycles. The van der Waals surface area contributed by atoms with Crippen LogP contribution in [0.25, 0.3) is 61.3 Å². The first-order valence-electron chi connectivity index (χ1n) is 14.1. The third-order valence-electron chi connectivity index (χ3n) is 7.73. The van der Waals surface area contributed by atoms with E-state index < -0.39 is 0 Å². The molecule has 6 heteroatoms. The summed E-state index contributed by atoms with van der Waals surface area (Å²) in [5, 5.41) is 1.99. The Bertz CT molecular complexity index is 2050. The van der Waals surface area contributed by atoms with Gasteiger partial charge in [-0.15, -0.1) is 18.2 Å². The van der Waals surface area contributed by atoms with Gasteiger partial charge in [0.1, 0.15) is 0 Å². The van der Waals surface area contributed by atoms with Gasteiger partial charge in [0.2, 0.25) is 5.71 Å². The molecular weight excluding hydrogens is 697 g/mol. The van der Waals surface area contributed by atoms with Crippen molar-refractivity contribution in [3.8, 4) is 28.2 Å². The van der Waals surface area contributed by atoms with Gasteiger partial charge in [-0.1, -0.05) is 88.0 Å². The Hall–Kier alpha value is -4.12. The molecule has 0 atom stereocenters. The van der Waals surface area contributed by atoms with Gasteiger partial charge in [0.25, 0.3) is 0 Å². The van der Waals surface area contributed by atoms with Crippen LogP contribution in [0, 0.1) is 6.07 Å². The number of nitrogens with zero attached hydrogens (tertiary/aromatic N) is 4. The molecule has 211 valence electrons. The van der Waals surface area contributed by atoms with Crippen LogP contribution in [0.15, 0.2) is 95.7 Å². The molecule has 4 heterocycles. The predicted molar refractivity (Wildman–Crippen MR) is 166 cm³/mol. The maximum atomic E-state index is 6.50. The molecule has 5 nitrogen and oxygen atoms in total. The van der Waals surface area contributed by atoms with E-state index in [9.17, 15) is 0 Å². The van der Waals surface area contributed by atoms with E-state index in [0.717, 1.165) is 61.3 Å². The van der Waals surface area contributed by atoms with E-state index in [1.165, 1.54) is 5.56 Å². The Labute approximate surface area is 259 Å². The van der Waals surface area contributed by atoms with Crippen LogP contribution in [0.1, 0.15) is 51.8 Å². The zero-order valence-corrected chi connectivity index (χ0v) is 26.7. The van der Waals surface area contributed by atoms with Gasteiger partial charge in [0, 0.05) is 48.5 Å². The van der Waals surface area contributed by atoms with Gasteiger partial charge in [-0.05, 0) is 46.9 Å². The fraction of sp³-hybridized carbons (Fsp3) is 0.194. The number of benzene rings is 3. The van der Waals surface area contributed by atoms with Crippen LogP contribution < -0.4 is 0 Å². The molecule has 0 aliphatic carbocycles. The number of aromatic nitrogens is 4. The van der Waals surface area contributed by atoms with Gasteiger partial charge in [-0.3, -0.25) is 9.97 Å². The molecule has 3 aromatic carbocycles. The summed E-state index contributed by atoms with van der Waals surface area (Å²) < 4.78 is 8.73. The van der Waals surface area contributed by atoms with Crippen molar-refractivity contribution >= 4 is 33.1 Å². The third kappa shape index (κ3) is 4.65. The topological polar surface area (TPSA) is 56.7 Å². The molecule has 0 saturated carbocycles. The van der Waals surface area contributed by atoms with Gasteiger partial charge < -0.3 is 8.98 Å². The Balaban J connectivity index is 0.00000316. The summed E-state index contributed by atoms with van der Waals surface area (Å²) in [5.41, 5.74) is 9.48.